The van der Waals surface area contributed by atoms with Crippen molar-refractivity contribution in [3.8, 4) is 0 Å². The maximum atomic E-state index is 5.62. The van der Waals surface area contributed by atoms with E-state index < -0.39 is 0 Å². The van der Waals surface area contributed by atoms with Crippen molar-refractivity contribution in [1.29, 1.82) is 0 Å². The highest BCUT2D eigenvalue weighted by Crippen LogP contribution is 2.15. The van der Waals surface area contributed by atoms with Crippen molar-refractivity contribution in [2.24, 2.45) is 5.73 Å². The van der Waals surface area contributed by atoms with Crippen molar-refractivity contribution < 1.29 is 0 Å². The van der Waals surface area contributed by atoms with Gasteiger partial charge in [-0.15, -0.1) is 0 Å². The summed E-state index contributed by atoms with van der Waals surface area (Å²) in [5, 5.41) is 0. The van der Waals surface area contributed by atoms with Crippen LogP contribution in [0.4, 0.5) is 0 Å². The summed E-state index contributed by atoms with van der Waals surface area (Å²) in [4.78, 5) is 3.07. The summed E-state index contributed by atoms with van der Waals surface area (Å²) in [6.07, 6.45) is 5.29. The maximum absolute atomic E-state index is 5.62. The predicted molar refractivity (Wildman–Crippen MR) is 75.7 cm³/mol. The van der Waals surface area contributed by atoms with Crippen molar-refractivity contribution in [2.45, 2.75) is 45.2 Å². The molecule has 0 radical (unpaired) electrons. The highest BCUT2D eigenvalue weighted by molar-refractivity contribution is 7.98. The Labute approximate surface area is 104 Å². The molecule has 2 atom stereocenters. The van der Waals surface area contributed by atoms with E-state index in [4.69, 9.17) is 18.0 Å². The lowest BCUT2D eigenvalue weighted by atomic mass is 10.1. The Morgan fingerprint density at radius 1 is 1.33 bits per heavy atom. The first-order valence-corrected chi connectivity index (χ1v) is 7.36. The van der Waals surface area contributed by atoms with Crippen molar-refractivity contribution in [3.63, 3.8) is 0 Å². The van der Waals surface area contributed by atoms with E-state index in [1.165, 1.54) is 12.2 Å². The molecule has 2 unspecified atom stereocenters. The normalized spacial score (nSPS) is 15.3. The van der Waals surface area contributed by atoms with Crippen LogP contribution in [0.2, 0.25) is 0 Å². The minimum absolute atomic E-state index is 0.500. The molecular weight excluding hydrogens is 224 g/mol. The van der Waals surface area contributed by atoms with Gasteiger partial charge in [0.15, 0.2) is 0 Å². The lowest BCUT2D eigenvalue weighted by Gasteiger charge is -2.33. The van der Waals surface area contributed by atoms with E-state index in [1.807, 2.05) is 11.8 Å². The summed E-state index contributed by atoms with van der Waals surface area (Å²) in [5.74, 6) is 1.18. The van der Waals surface area contributed by atoms with Gasteiger partial charge in [0.1, 0.15) is 0 Å². The Bertz CT molecular complexity index is 185. The SMILES string of the molecule is CCC(CSC)N(C)C(CC)CC(N)=S. The van der Waals surface area contributed by atoms with E-state index in [9.17, 15) is 0 Å². The Morgan fingerprint density at radius 3 is 2.20 bits per heavy atom. The monoisotopic (exact) mass is 248 g/mol. The third-order valence-corrected chi connectivity index (χ3v) is 3.78. The zero-order valence-corrected chi connectivity index (χ0v) is 12.0. The smallest absolute Gasteiger partial charge is 0.0743 e. The third-order valence-electron chi connectivity index (χ3n) is 2.89. The average Bonchev–Trinajstić information content (AvgIpc) is 2.21. The third kappa shape index (κ3) is 5.73. The first-order chi connectivity index (χ1) is 7.06. The molecule has 0 saturated carbocycles. The van der Waals surface area contributed by atoms with E-state index in [-0.39, 0.29) is 0 Å². The van der Waals surface area contributed by atoms with Crippen molar-refractivity contribution in [3.05, 3.63) is 0 Å². The summed E-state index contributed by atoms with van der Waals surface area (Å²) in [5.41, 5.74) is 5.62. The largest absolute Gasteiger partial charge is 0.393 e. The second-order valence-electron chi connectivity index (χ2n) is 3.92. The summed E-state index contributed by atoms with van der Waals surface area (Å²) in [6, 6.07) is 1.14. The van der Waals surface area contributed by atoms with Crippen LogP contribution in [0, 0.1) is 0 Å². The topological polar surface area (TPSA) is 29.3 Å². The van der Waals surface area contributed by atoms with Gasteiger partial charge in [0, 0.05) is 24.3 Å². The van der Waals surface area contributed by atoms with Gasteiger partial charge >= 0.3 is 0 Å². The molecule has 0 heterocycles. The second kappa shape index (κ2) is 8.36. The van der Waals surface area contributed by atoms with Crippen molar-refractivity contribution >= 4 is 29.0 Å². The van der Waals surface area contributed by atoms with Crippen molar-refractivity contribution in [1.82, 2.24) is 4.90 Å². The number of rotatable bonds is 8. The number of hydrogen-bond acceptors (Lipinski definition) is 3. The minimum atomic E-state index is 0.500. The van der Waals surface area contributed by atoms with Crippen LogP contribution < -0.4 is 5.73 Å². The molecule has 0 saturated heterocycles. The average molecular weight is 248 g/mol. The fraction of sp³-hybridized carbons (Fsp3) is 0.909. The Morgan fingerprint density at radius 2 is 1.87 bits per heavy atom. The Hall–Kier alpha value is 0.200. The highest BCUT2D eigenvalue weighted by atomic mass is 32.2. The molecule has 0 aromatic carbocycles. The minimum Gasteiger partial charge on any atom is -0.393 e. The zero-order chi connectivity index (χ0) is 11.8. The van der Waals surface area contributed by atoms with Crippen LogP contribution in [0.15, 0.2) is 0 Å². The molecule has 4 heteroatoms. The summed E-state index contributed by atoms with van der Waals surface area (Å²) >= 11 is 6.89. The van der Waals surface area contributed by atoms with Crippen molar-refractivity contribution in [2.75, 3.05) is 19.1 Å². The van der Waals surface area contributed by atoms with Crippen LogP contribution >= 0.6 is 24.0 Å². The van der Waals surface area contributed by atoms with Gasteiger partial charge in [0.05, 0.1) is 4.99 Å². The van der Waals surface area contributed by atoms with E-state index in [0.29, 0.717) is 17.1 Å². The predicted octanol–water partition coefficient (Wildman–Crippen LogP) is 2.51. The number of thioether (sulfide) groups is 1. The Balaban J connectivity index is 4.32. The maximum Gasteiger partial charge on any atom is 0.0743 e. The fourth-order valence-corrected chi connectivity index (χ4v) is 2.87. The van der Waals surface area contributed by atoms with Crippen LogP contribution in [0.3, 0.4) is 0 Å². The Kier molecular flexibility index (Phi) is 8.47. The summed E-state index contributed by atoms with van der Waals surface area (Å²) in [6.45, 7) is 4.44. The van der Waals surface area contributed by atoms with E-state index in [0.717, 1.165) is 12.8 Å². The van der Waals surface area contributed by atoms with E-state index in [1.54, 1.807) is 0 Å². The number of hydrogen-bond donors (Lipinski definition) is 1. The molecule has 2 N–H and O–H groups in total. The number of thiocarbonyl (C=S) groups is 1. The summed E-state index contributed by atoms with van der Waals surface area (Å²) in [7, 11) is 2.19. The molecule has 0 rings (SSSR count). The molecular formula is C11H24N2S2. The van der Waals surface area contributed by atoms with Gasteiger partial charge in [-0.3, -0.25) is 4.90 Å². The van der Waals surface area contributed by atoms with Gasteiger partial charge in [0.2, 0.25) is 0 Å². The van der Waals surface area contributed by atoms with Gasteiger partial charge in [-0.2, -0.15) is 11.8 Å². The van der Waals surface area contributed by atoms with Gasteiger partial charge in [0.25, 0.3) is 0 Å². The molecule has 0 fully saturated rings. The molecule has 90 valence electrons. The first kappa shape index (κ1) is 15.2. The molecule has 0 aliphatic heterocycles. The molecule has 0 spiro atoms. The van der Waals surface area contributed by atoms with Crippen LogP contribution in [0.5, 0.6) is 0 Å². The van der Waals surface area contributed by atoms with Gasteiger partial charge in [-0.25, -0.2) is 0 Å². The van der Waals surface area contributed by atoms with Gasteiger partial charge < -0.3 is 5.73 Å². The highest BCUT2D eigenvalue weighted by Gasteiger charge is 2.20. The molecule has 0 bridgehead atoms. The molecule has 0 amide bonds. The molecule has 0 aromatic rings. The number of nitrogens with zero attached hydrogens (tertiary/aromatic N) is 1. The van der Waals surface area contributed by atoms with Gasteiger partial charge in [-0.1, -0.05) is 26.1 Å². The standard InChI is InChI=1S/C11H24N2S2/c1-5-9(7-11(12)14)13(3)10(6-2)8-15-4/h9-10H,5-8H2,1-4H3,(H2,12,14). The zero-order valence-electron chi connectivity index (χ0n) is 10.3. The van der Waals surface area contributed by atoms with Gasteiger partial charge in [-0.05, 0) is 26.1 Å². The van der Waals surface area contributed by atoms with Crippen LogP contribution in [-0.2, 0) is 0 Å². The first-order valence-electron chi connectivity index (χ1n) is 5.55. The second-order valence-corrected chi connectivity index (χ2v) is 5.35. The lowest BCUT2D eigenvalue weighted by molar-refractivity contribution is 0.182. The molecule has 0 aliphatic rings. The quantitative estimate of drug-likeness (QED) is 0.668. The molecule has 2 nitrogen and oxygen atoms in total. The fourth-order valence-electron chi connectivity index (χ4n) is 1.82. The molecule has 0 aromatic heterocycles. The van der Waals surface area contributed by atoms with E-state index in [2.05, 4.69) is 32.1 Å². The molecule has 15 heavy (non-hydrogen) atoms. The lowest BCUT2D eigenvalue weighted by Crippen LogP contribution is -2.42. The van der Waals surface area contributed by atoms with Crippen LogP contribution in [0.1, 0.15) is 33.1 Å². The molecule has 0 aliphatic carbocycles. The van der Waals surface area contributed by atoms with Crippen LogP contribution in [-0.4, -0.2) is 41.0 Å². The summed E-state index contributed by atoms with van der Waals surface area (Å²) < 4.78 is 0. The number of nitrogens with two attached hydrogens (primary N) is 1. The van der Waals surface area contributed by atoms with E-state index >= 15 is 0 Å². The van der Waals surface area contributed by atoms with Crippen LogP contribution in [0.25, 0.3) is 0 Å².